The summed E-state index contributed by atoms with van der Waals surface area (Å²) in [4.78, 5) is 12.9. The van der Waals surface area contributed by atoms with Gasteiger partial charge in [0, 0.05) is 19.7 Å². The second-order valence-electron chi connectivity index (χ2n) is 7.80. The Labute approximate surface area is 168 Å². The van der Waals surface area contributed by atoms with E-state index in [9.17, 15) is 13.2 Å². The molecular weight excluding hydrogens is 372 g/mol. The monoisotopic (exact) mass is 402 g/mol. The van der Waals surface area contributed by atoms with Crippen molar-refractivity contribution < 1.29 is 13.2 Å². The van der Waals surface area contributed by atoms with Gasteiger partial charge in [-0.05, 0) is 55.0 Å². The van der Waals surface area contributed by atoms with Gasteiger partial charge in [-0.2, -0.15) is 0 Å². The number of amides is 1. The van der Waals surface area contributed by atoms with Crippen molar-refractivity contribution in [1.29, 1.82) is 0 Å². The molecule has 5 nitrogen and oxygen atoms in total. The molecule has 0 saturated heterocycles. The Morgan fingerprint density at radius 2 is 1.64 bits per heavy atom. The summed E-state index contributed by atoms with van der Waals surface area (Å²) in [6.07, 6.45) is 1.02. The molecule has 0 aromatic heterocycles. The number of carbonyl (C=O) groups excluding carboxylic acids is 1. The van der Waals surface area contributed by atoms with Gasteiger partial charge in [-0.15, -0.1) is 0 Å². The van der Waals surface area contributed by atoms with E-state index in [2.05, 4.69) is 31.3 Å². The molecule has 2 rings (SSSR count). The van der Waals surface area contributed by atoms with E-state index in [-0.39, 0.29) is 16.8 Å². The minimum absolute atomic E-state index is 0.110. The summed E-state index contributed by atoms with van der Waals surface area (Å²) >= 11 is 0. The molecule has 0 aliphatic heterocycles. The van der Waals surface area contributed by atoms with Crippen LogP contribution in [0, 0.1) is 12.8 Å². The van der Waals surface area contributed by atoms with Crippen LogP contribution in [0.15, 0.2) is 47.4 Å². The van der Waals surface area contributed by atoms with E-state index >= 15 is 0 Å². The highest BCUT2D eigenvalue weighted by Crippen LogP contribution is 2.20. The van der Waals surface area contributed by atoms with E-state index in [4.69, 9.17) is 0 Å². The molecular formula is C22H30N2O3S. The van der Waals surface area contributed by atoms with Gasteiger partial charge in [0.1, 0.15) is 0 Å². The van der Waals surface area contributed by atoms with E-state index in [0.29, 0.717) is 11.5 Å². The smallest absolute Gasteiger partial charge is 0.252 e. The molecule has 28 heavy (non-hydrogen) atoms. The van der Waals surface area contributed by atoms with Gasteiger partial charge in [0.15, 0.2) is 0 Å². The Kier molecular flexibility index (Phi) is 7.01. The fraction of sp³-hybridized carbons (Fsp3) is 0.409. The molecule has 0 fully saturated rings. The first-order chi connectivity index (χ1) is 13.0. The van der Waals surface area contributed by atoms with Gasteiger partial charge < -0.3 is 5.32 Å². The second-order valence-corrected chi connectivity index (χ2v) is 9.95. The zero-order chi connectivity index (χ0) is 21.1. The number of hydrogen-bond donors (Lipinski definition) is 1. The number of sulfonamides is 1. The largest absolute Gasteiger partial charge is 0.346 e. The predicted octanol–water partition coefficient (Wildman–Crippen LogP) is 3.93. The zero-order valence-corrected chi connectivity index (χ0v) is 18.3. The number of benzene rings is 2. The predicted molar refractivity (Wildman–Crippen MR) is 113 cm³/mol. The summed E-state index contributed by atoms with van der Waals surface area (Å²) in [6, 6.07) is 12.7. The molecule has 0 bridgehead atoms. The lowest BCUT2D eigenvalue weighted by molar-refractivity contribution is 0.0939. The highest BCUT2D eigenvalue weighted by atomic mass is 32.2. The molecule has 0 heterocycles. The number of aryl methyl sites for hydroxylation is 1. The SMILES string of the molecule is Cc1ccc(S(=O)(=O)N(C)C)cc1C(=O)NC(C)c1ccc(CC(C)C)cc1. The minimum atomic E-state index is -3.59. The maximum absolute atomic E-state index is 12.8. The third kappa shape index (κ3) is 5.20. The number of nitrogens with zero attached hydrogens (tertiary/aromatic N) is 1. The Morgan fingerprint density at radius 3 is 2.18 bits per heavy atom. The molecule has 0 spiro atoms. The first kappa shape index (κ1) is 22.1. The number of carbonyl (C=O) groups is 1. The van der Waals surface area contributed by atoms with Crippen LogP contribution in [0.3, 0.4) is 0 Å². The van der Waals surface area contributed by atoms with Crippen LogP contribution in [0.4, 0.5) is 0 Å². The van der Waals surface area contributed by atoms with E-state index in [1.54, 1.807) is 13.0 Å². The fourth-order valence-corrected chi connectivity index (χ4v) is 3.92. The summed E-state index contributed by atoms with van der Waals surface area (Å²) in [5, 5.41) is 2.97. The van der Waals surface area contributed by atoms with Crippen LogP contribution in [0.25, 0.3) is 0 Å². The lowest BCUT2D eigenvalue weighted by atomic mass is 9.99. The summed E-state index contributed by atoms with van der Waals surface area (Å²) < 4.78 is 25.9. The van der Waals surface area contributed by atoms with Crippen LogP contribution < -0.4 is 5.32 Å². The Balaban J connectivity index is 2.20. The van der Waals surface area contributed by atoms with Gasteiger partial charge in [-0.25, -0.2) is 12.7 Å². The minimum Gasteiger partial charge on any atom is -0.346 e. The van der Waals surface area contributed by atoms with Crippen LogP contribution in [-0.2, 0) is 16.4 Å². The van der Waals surface area contributed by atoms with Crippen molar-refractivity contribution in [3.05, 3.63) is 64.7 Å². The fourth-order valence-electron chi connectivity index (χ4n) is 2.99. The standard InChI is InChI=1S/C22H30N2O3S/c1-15(2)13-18-8-10-19(11-9-18)17(4)23-22(25)21-14-20(12-7-16(21)3)28(26,27)24(5)6/h7-12,14-15,17H,13H2,1-6H3,(H,23,25). The van der Waals surface area contributed by atoms with Crippen LogP contribution in [-0.4, -0.2) is 32.7 Å². The summed E-state index contributed by atoms with van der Waals surface area (Å²) in [5.74, 6) is 0.309. The van der Waals surface area contributed by atoms with E-state index < -0.39 is 10.0 Å². The summed E-state index contributed by atoms with van der Waals surface area (Å²) in [5.41, 5.74) is 3.38. The molecule has 1 unspecified atom stereocenters. The molecule has 0 radical (unpaired) electrons. The third-order valence-electron chi connectivity index (χ3n) is 4.70. The van der Waals surface area contributed by atoms with Crippen molar-refractivity contribution in [3.63, 3.8) is 0 Å². The number of hydrogen-bond acceptors (Lipinski definition) is 3. The maximum Gasteiger partial charge on any atom is 0.252 e. The highest BCUT2D eigenvalue weighted by molar-refractivity contribution is 7.89. The van der Waals surface area contributed by atoms with Gasteiger partial charge in [0.25, 0.3) is 5.91 Å². The third-order valence-corrected chi connectivity index (χ3v) is 6.51. The Morgan fingerprint density at radius 1 is 1.04 bits per heavy atom. The number of nitrogens with one attached hydrogen (secondary N) is 1. The van der Waals surface area contributed by atoms with Crippen molar-refractivity contribution >= 4 is 15.9 Å². The molecule has 0 saturated carbocycles. The maximum atomic E-state index is 12.8. The average Bonchev–Trinajstić information content (AvgIpc) is 2.61. The molecule has 152 valence electrons. The summed E-state index contributed by atoms with van der Waals surface area (Å²) in [7, 11) is -0.647. The van der Waals surface area contributed by atoms with Crippen LogP contribution in [0.1, 0.15) is 53.9 Å². The Hall–Kier alpha value is -2.18. The van der Waals surface area contributed by atoms with Gasteiger partial charge >= 0.3 is 0 Å². The zero-order valence-electron chi connectivity index (χ0n) is 17.5. The Bertz CT molecular complexity index is 933. The first-order valence-electron chi connectivity index (χ1n) is 9.45. The van der Waals surface area contributed by atoms with Crippen LogP contribution in [0.2, 0.25) is 0 Å². The van der Waals surface area contributed by atoms with Crippen LogP contribution in [0.5, 0.6) is 0 Å². The molecule has 0 aliphatic rings. The topological polar surface area (TPSA) is 66.5 Å². The lowest BCUT2D eigenvalue weighted by Gasteiger charge is -2.17. The van der Waals surface area contributed by atoms with Gasteiger partial charge in [-0.3, -0.25) is 4.79 Å². The van der Waals surface area contributed by atoms with E-state index in [1.165, 1.54) is 31.8 Å². The molecule has 1 N–H and O–H groups in total. The molecule has 0 aliphatic carbocycles. The first-order valence-corrected chi connectivity index (χ1v) is 10.9. The quantitative estimate of drug-likeness (QED) is 0.763. The molecule has 1 amide bonds. The van der Waals surface area contributed by atoms with E-state index in [1.807, 2.05) is 19.1 Å². The van der Waals surface area contributed by atoms with Gasteiger partial charge in [0.2, 0.25) is 10.0 Å². The average molecular weight is 403 g/mol. The van der Waals surface area contributed by atoms with Crippen molar-refractivity contribution in [2.45, 2.75) is 45.1 Å². The van der Waals surface area contributed by atoms with Gasteiger partial charge in [0.05, 0.1) is 10.9 Å². The normalized spacial score (nSPS) is 13.0. The van der Waals surface area contributed by atoms with Crippen molar-refractivity contribution in [3.8, 4) is 0 Å². The van der Waals surface area contributed by atoms with E-state index in [0.717, 1.165) is 21.9 Å². The van der Waals surface area contributed by atoms with Gasteiger partial charge in [-0.1, -0.05) is 44.2 Å². The second kappa shape index (κ2) is 8.88. The lowest BCUT2D eigenvalue weighted by Crippen LogP contribution is -2.28. The molecule has 6 heteroatoms. The van der Waals surface area contributed by atoms with Crippen molar-refractivity contribution in [2.24, 2.45) is 5.92 Å². The highest BCUT2D eigenvalue weighted by Gasteiger charge is 2.21. The van der Waals surface area contributed by atoms with Crippen LogP contribution >= 0.6 is 0 Å². The van der Waals surface area contributed by atoms with Crippen molar-refractivity contribution in [1.82, 2.24) is 9.62 Å². The summed E-state index contributed by atoms with van der Waals surface area (Å²) in [6.45, 7) is 8.09. The molecule has 1 atom stereocenters. The van der Waals surface area contributed by atoms with Crippen molar-refractivity contribution in [2.75, 3.05) is 14.1 Å². The molecule has 2 aromatic rings. The number of rotatable bonds is 7. The molecule has 2 aromatic carbocycles.